The molecule has 1 aromatic heterocycles. The molecule has 0 unspecified atom stereocenters. The molecule has 138 valence electrons. The van der Waals surface area contributed by atoms with Gasteiger partial charge in [-0.3, -0.25) is 9.59 Å². The van der Waals surface area contributed by atoms with E-state index in [0.717, 1.165) is 5.69 Å². The van der Waals surface area contributed by atoms with Crippen molar-refractivity contribution < 1.29 is 14.3 Å². The van der Waals surface area contributed by atoms with Crippen LogP contribution in [0.2, 0.25) is 5.02 Å². The molecule has 0 saturated carbocycles. The summed E-state index contributed by atoms with van der Waals surface area (Å²) in [4.78, 5) is 30.2. The van der Waals surface area contributed by atoms with Crippen LogP contribution < -0.4 is 15.0 Å². The second-order valence-corrected chi connectivity index (χ2v) is 6.00. The number of pyridine rings is 1. The summed E-state index contributed by atoms with van der Waals surface area (Å²) < 4.78 is 5.03. The van der Waals surface area contributed by atoms with Gasteiger partial charge in [0.1, 0.15) is 0 Å². The maximum Gasteiger partial charge on any atom is 0.251 e. The summed E-state index contributed by atoms with van der Waals surface area (Å²) in [5.74, 6) is 0.309. The molecule has 0 radical (unpaired) electrons. The molecule has 0 saturated heterocycles. The SMILES string of the molecule is CCN(C(=O)CCCNC(=O)c1ccc(Cl)cc1)c1ccc(OC)nc1. The van der Waals surface area contributed by atoms with Crippen molar-refractivity contribution in [2.24, 2.45) is 0 Å². The van der Waals surface area contributed by atoms with Crippen molar-refractivity contribution in [1.29, 1.82) is 0 Å². The van der Waals surface area contributed by atoms with E-state index in [4.69, 9.17) is 16.3 Å². The third-order valence-corrected chi connectivity index (χ3v) is 4.07. The van der Waals surface area contributed by atoms with Gasteiger partial charge in [-0.05, 0) is 43.7 Å². The van der Waals surface area contributed by atoms with Crippen LogP contribution in [0.1, 0.15) is 30.1 Å². The first-order valence-electron chi connectivity index (χ1n) is 8.39. The number of benzene rings is 1. The molecule has 2 amide bonds. The van der Waals surface area contributed by atoms with Crippen LogP contribution in [0.5, 0.6) is 5.88 Å². The average molecular weight is 376 g/mol. The van der Waals surface area contributed by atoms with E-state index in [1.165, 1.54) is 0 Å². The number of ether oxygens (including phenoxy) is 1. The number of rotatable bonds is 8. The number of carbonyl (C=O) groups is 2. The highest BCUT2D eigenvalue weighted by Gasteiger charge is 2.14. The Bertz CT molecular complexity index is 733. The first-order chi connectivity index (χ1) is 12.5. The van der Waals surface area contributed by atoms with E-state index in [-0.39, 0.29) is 11.8 Å². The van der Waals surface area contributed by atoms with Crippen molar-refractivity contribution in [2.45, 2.75) is 19.8 Å². The lowest BCUT2D eigenvalue weighted by Crippen LogP contribution is -2.32. The predicted molar refractivity (Wildman–Crippen MR) is 102 cm³/mol. The summed E-state index contributed by atoms with van der Waals surface area (Å²) in [6, 6.07) is 10.2. The number of halogens is 1. The molecule has 6 nitrogen and oxygen atoms in total. The second-order valence-electron chi connectivity index (χ2n) is 5.56. The molecule has 2 rings (SSSR count). The van der Waals surface area contributed by atoms with Gasteiger partial charge in [0.05, 0.1) is 19.0 Å². The normalized spacial score (nSPS) is 10.3. The van der Waals surface area contributed by atoms with Crippen molar-refractivity contribution >= 4 is 29.1 Å². The number of hydrogen-bond acceptors (Lipinski definition) is 4. The van der Waals surface area contributed by atoms with Crippen LogP contribution in [0.3, 0.4) is 0 Å². The van der Waals surface area contributed by atoms with Crippen molar-refractivity contribution in [3.8, 4) is 5.88 Å². The Hall–Kier alpha value is -2.60. The van der Waals surface area contributed by atoms with E-state index in [9.17, 15) is 9.59 Å². The quantitative estimate of drug-likeness (QED) is 0.718. The predicted octanol–water partition coefficient (Wildman–Crippen LogP) is 3.31. The standard InChI is InChI=1S/C19H22ClN3O3/c1-3-23(16-10-11-17(26-2)22-13-16)18(24)5-4-12-21-19(25)14-6-8-15(20)9-7-14/h6-11,13H,3-5,12H2,1-2H3,(H,21,25). The number of nitrogens with one attached hydrogen (secondary N) is 1. The number of amides is 2. The number of anilines is 1. The summed E-state index contributed by atoms with van der Waals surface area (Å²) >= 11 is 5.80. The van der Waals surface area contributed by atoms with Crippen molar-refractivity contribution in [1.82, 2.24) is 10.3 Å². The molecule has 26 heavy (non-hydrogen) atoms. The van der Waals surface area contributed by atoms with Crippen LogP contribution in [0.15, 0.2) is 42.6 Å². The van der Waals surface area contributed by atoms with Gasteiger partial charge in [-0.15, -0.1) is 0 Å². The largest absolute Gasteiger partial charge is 0.481 e. The van der Waals surface area contributed by atoms with Crippen LogP contribution in [0, 0.1) is 0 Å². The average Bonchev–Trinajstić information content (AvgIpc) is 2.66. The molecule has 1 aromatic carbocycles. The molecule has 1 N–H and O–H groups in total. The van der Waals surface area contributed by atoms with Crippen LogP contribution in [-0.2, 0) is 4.79 Å². The van der Waals surface area contributed by atoms with Crippen molar-refractivity contribution in [3.05, 3.63) is 53.2 Å². The van der Waals surface area contributed by atoms with Crippen LogP contribution in [-0.4, -0.2) is 37.0 Å². The fraction of sp³-hybridized carbons (Fsp3) is 0.316. The van der Waals surface area contributed by atoms with Crippen LogP contribution >= 0.6 is 11.6 Å². The van der Waals surface area contributed by atoms with Gasteiger partial charge in [-0.25, -0.2) is 4.98 Å². The highest BCUT2D eigenvalue weighted by atomic mass is 35.5. The van der Waals surface area contributed by atoms with Gasteiger partial charge >= 0.3 is 0 Å². The molecular weight excluding hydrogens is 354 g/mol. The lowest BCUT2D eigenvalue weighted by molar-refractivity contribution is -0.118. The fourth-order valence-electron chi connectivity index (χ4n) is 2.44. The highest BCUT2D eigenvalue weighted by Crippen LogP contribution is 2.17. The molecule has 0 aliphatic rings. The summed E-state index contributed by atoms with van der Waals surface area (Å²) in [5, 5.41) is 3.39. The number of hydrogen-bond donors (Lipinski definition) is 1. The van der Waals surface area contributed by atoms with Crippen molar-refractivity contribution in [3.63, 3.8) is 0 Å². The smallest absolute Gasteiger partial charge is 0.251 e. The van der Waals surface area contributed by atoms with E-state index in [2.05, 4.69) is 10.3 Å². The lowest BCUT2D eigenvalue weighted by Gasteiger charge is -2.20. The first-order valence-corrected chi connectivity index (χ1v) is 8.77. The number of methoxy groups -OCH3 is 1. The lowest BCUT2D eigenvalue weighted by atomic mass is 10.2. The topological polar surface area (TPSA) is 71.5 Å². The van der Waals surface area contributed by atoms with E-state index >= 15 is 0 Å². The summed E-state index contributed by atoms with van der Waals surface area (Å²) in [5.41, 5.74) is 1.27. The first kappa shape index (κ1) is 19.7. The zero-order chi connectivity index (χ0) is 18.9. The van der Waals surface area contributed by atoms with Crippen LogP contribution in [0.4, 0.5) is 5.69 Å². The molecule has 0 atom stereocenters. The Morgan fingerprint density at radius 2 is 1.92 bits per heavy atom. The summed E-state index contributed by atoms with van der Waals surface area (Å²) in [6.07, 6.45) is 2.50. The third-order valence-electron chi connectivity index (χ3n) is 3.82. The van der Waals surface area contributed by atoms with Gasteiger partial charge in [-0.1, -0.05) is 11.6 Å². The Kier molecular flexibility index (Phi) is 7.41. The van der Waals surface area contributed by atoms with E-state index in [1.54, 1.807) is 54.6 Å². The molecular formula is C19H22ClN3O3. The Morgan fingerprint density at radius 1 is 1.19 bits per heavy atom. The molecule has 0 spiro atoms. The second kappa shape index (κ2) is 9.77. The fourth-order valence-corrected chi connectivity index (χ4v) is 2.56. The molecule has 7 heteroatoms. The van der Waals surface area contributed by atoms with Gasteiger partial charge in [0.2, 0.25) is 11.8 Å². The minimum Gasteiger partial charge on any atom is -0.481 e. The van der Waals surface area contributed by atoms with Crippen LogP contribution in [0.25, 0.3) is 0 Å². The highest BCUT2D eigenvalue weighted by molar-refractivity contribution is 6.30. The molecule has 1 heterocycles. The maximum absolute atomic E-state index is 12.4. The number of carbonyl (C=O) groups excluding carboxylic acids is 2. The van der Waals surface area contributed by atoms with Gasteiger partial charge in [0, 0.05) is 36.2 Å². The van der Waals surface area contributed by atoms with Gasteiger partial charge in [-0.2, -0.15) is 0 Å². The van der Waals surface area contributed by atoms with Crippen molar-refractivity contribution in [2.75, 3.05) is 25.1 Å². The molecule has 0 fully saturated rings. The zero-order valence-corrected chi connectivity index (χ0v) is 15.6. The Labute approximate surface area is 158 Å². The summed E-state index contributed by atoms with van der Waals surface area (Å²) in [6.45, 7) is 2.88. The Morgan fingerprint density at radius 3 is 2.50 bits per heavy atom. The van der Waals surface area contributed by atoms with Gasteiger partial charge < -0.3 is 15.0 Å². The zero-order valence-electron chi connectivity index (χ0n) is 14.9. The van der Waals surface area contributed by atoms with E-state index in [0.29, 0.717) is 42.4 Å². The third kappa shape index (κ3) is 5.46. The minimum absolute atomic E-state index is 0.0137. The van der Waals surface area contributed by atoms with E-state index < -0.39 is 0 Å². The monoisotopic (exact) mass is 375 g/mol. The molecule has 0 aliphatic heterocycles. The molecule has 2 aromatic rings. The molecule has 0 bridgehead atoms. The Balaban J connectivity index is 1.80. The molecule has 0 aliphatic carbocycles. The van der Waals surface area contributed by atoms with E-state index in [1.807, 2.05) is 6.92 Å². The van der Waals surface area contributed by atoms with Gasteiger partial charge in [0.15, 0.2) is 0 Å². The number of nitrogens with zero attached hydrogens (tertiary/aromatic N) is 2. The number of aromatic nitrogens is 1. The summed E-state index contributed by atoms with van der Waals surface area (Å²) in [7, 11) is 1.54. The minimum atomic E-state index is -0.180. The maximum atomic E-state index is 12.4. The van der Waals surface area contributed by atoms with Gasteiger partial charge in [0.25, 0.3) is 5.91 Å².